The van der Waals surface area contributed by atoms with E-state index in [0.29, 0.717) is 13.2 Å². The van der Waals surface area contributed by atoms with E-state index in [9.17, 15) is 4.79 Å². The molecule has 2 aliphatic rings. The van der Waals surface area contributed by atoms with E-state index in [1.165, 1.54) is 12.8 Å². The maximum atomic E-state index is 12.7. The minimum absolute atomic E-state index is 0.0165. The number of amides is 2. The minimum Gasteiger partial charge on any atom is -0.374 e. The van der Waals surface area contributed by atoms with Crippen LogP contribution in [0.5, 0.6) is 0 Å². The van der Waals surface area contributed by atoms with E-state index in [4.69, 9.17) is 4.74 Å². The first-order valence-corrected chi connectivity index (χ1v) is 9.38. The van der Waals surface area contributed by atoms with Crippen molar-refractivity contribution in [2.24, 2.45) is 0 Å². The minimum atomic E-state index is -0.0165. The van der Waals surface area contributed by atoms with Crippen LogP contribution in [0.25, 0.3) is 10.6 Å². The average Bonchev–Trinajstić information content (AvgIpc) is 3.16. The fourth-order valence-electron chi connectivity index (χ4n) is 3.61. The Morgan fingerprint density at radius 3 is 2.88 bits per heavy atom. The van der Waals surface area contributed by atoms with Crippen molar-refractivity contribution in [2.45, 2.75) is 37.8 Å². The summed E-state index contributed by atoms with van der Waals surface area (Å²) < 4.78 is 5.84. The fraction of sp³-hybridized carbons (Fsp3) is 0.444. The average molecular weight is 343 g/mol. The van der Waals surface area contributed by atoms with Gasteiger partial charge in [0.25, 0.3) is 0 Å². The van der Waals surface area contributed by atoms with Crippen LogP contribution in [-0.2, 0) is 4.74 Å². The highest BCUT2D eigenvalue weighted by atomic mass is 32.1. The first-order chi connectivity index (χ1) is 11.8. The first-order valence-electron chi connectivity index (χ1n) is 8.50. The molecule has 1 N–H and O–H groups in total. The van der Waals surface area contributed by atoms with Crippen molar-refractivity contribution in [3.8, 4) is 10.6 Å². The third kappa shape index (κ3) is 3.16. The van der Waals surface area contributed by atoms with Crippen LogP contribution in [0, 0.1) is 0 Å². The normalized spacial score (nSPS) is 23.6. The molecule has 5 nitrogen and oxygen atoms in total. The molecule has 1 aromatic heterocycles. The van der Waals surface area contributed by atoms with Gasteiger partial charge in [-0.1, -0.05) is 12.8 Å². The molecule has 0 spiro atoms. The molecule has 126 valence electrons. The van der Waals surface area contributed by atoms with Gasteiger partial charge in [0.15, 0.2) is 0 Å². The van der Waals surface area contributed by atoms with Crippen molar-refractivity contribution in [1.82, 2.24) is 9.88 Å². The Hall–Kier alpha value is -1.92. The van der Waals surface area contributed by atoms with E-state index in [0.717, 1.165) is 29.1 Å². The lowest BCUT2D eigenvalue weighted by Crippen LogP contribution is -2.55. The number of rotatable bonds is 2. The molecule has 2 atom stereocenters. The quantitative estimate of drug-likeness (QED) is 0.897. The van der Waals surface area contributed by atoms with Crippen LogP contribution in [0.2, 0.25) is 0 Å². The molecule has 1 saturated carbocycles. The second-order valence-corrected chi connectivity index (χ2v) is 7.19. The van der Waals surface area contributed by atoms with Gasteiger partial charge in [0.1, 0.15) is 5.01 Å². The number of nitrogens with zero attached hydrogens (tertiary/aromatic N) is 2. The number of anilines is 1. The van der Waals surface area contributed by atoms with Gasteiger partial charge in [-0.25, -0.2) is 9.78 Å². The molecule has 4 rings (SSSR count). The van der Waals surface area contributed by atoms with E-state index in [2.05, 4.69) is 10.3 Å². The number of carbonyl (C=O) groups excluding carboxylic acids is 1. The number of fused-ring (bicyclic) bond motifs is 1. The van der Waals surface area contributed by atoms with Gasteiger partial charge in [0.05, 0.1) is 18.8 Å². The van der Waals surface area contributed by atoms with Crippen LogP contribution in [0.15, 0.2) is 35.8 Å². The fourth-order valence-corrected chi connectivity index (χ4v) is 4.25. The van der Waals surface area contributed by atoms with Gasteiger partial charge in [-0.3, -0.25) is 0 Å². The number of morpholine rings is 1. The Kier molecular flexibility index (Phi) is 4.49. The lowest BCUT2D eigenvalue weighted by molar-refractivity contribution is -0.0694. The zero-order chi connectivity index (χ0) is 16.4. The molecule has 24 heavy (non-hydrogen) atoms. The molecule has 2 amide bonds. The second kappa shape index (κ2) is 6.91. The van der Waals surface area contributed by atoms with Crippen LogP contribution >= 0.6 is 11.3 Å². The van der Waals surface area contributed by atoms with Gasteiger partial charge in [-0.2, -0.15) is 0 Å². The summed E-state index contributed by atoms with van der Waals surface area (Å²) in [4.78, 5) is 19.0. The summed E-state index contributed by atoms with van der Waals surface area (Å²) in [5, 5.41) is 5.99. The Bertz CT molecular complexity index is 685. The first kappa shape index (κ1) is 15.6. The number of carbonyl (C=O) groups is 1. The monoisotopic (exact) mass is 343 g/mol. The van der Waals surface area contributed by atoms with Crippen LogP contribution in [-0.4, -0.2) is 41.2 Å². The summed E-state index contributed by atoms with van der Waals surface area (Å²) in [6.45, 7) is 1.31. The van der Waals surface area contributed by atoms with Crippen molar-refractivity contribution in [2.75, 3.05) is 18.5 Å². The zero-order valence-corrected chi connectivity index (χ0v) is 14.3. The number of ether oxygens (including phenoxy) is 1. The summed E-state index contributed by atoms with van der Waals surface area (Å²) in [5.41, 5.74) is 1.89. The van der Waals surface area contributed by atoms with E-state index in [1.807, 2.05) is 34.5 Å². The molecular formula is C18H21N3O2S. The second-order valence-electron chi connectivity index (χ2n) is 6.30. The number of aromatic nitrogens is 1. The molecule has 0 radical (unpaired) electrons. The summed E-state index contributed by atoms with van der Waals surface area (Å²) in [7, 11) is 0. The standard InChI is InChI=1S/C18H21N3O2S/c22-18(21-10-11-23-16-4-2-1-3-15(16)21)20-14-7-5-13(6-8-14)17-19-9-12-24-17/h5-9,12,15-16H,1-4,10-11H2,(H,20,22)/t15-,16+/m1/s1. The van der Waals surface area contributed by atoms with Crippen LogP contribution in [0.4, 0.5) is 10.5 Å². The number of urea groups is 1. The van der Waals surface area contributed by atoms with Crippen molar-refractivity contribution >= 4 is 23.1 Å². The summed E-state index contributed by atoms with van der Waals surface area (Å²) >= 11 is 1.61. The topological polar surface area (TPSA) is 54.5 Å². The largest absolute Gasteiger partial charge is 0.374 e. The van der Waals surface area contributed by atoms with E-state index >= 15 is 0 Å². The lowest BCUT2D eigenvalue weighted by Gasteiger charge is -2.43. The number of hydrogen-bond acceptors (Lipinski definition) is 4. The molecule has 0 unspecified atom stereocenters. The summed E-state index contributed by atoms with van der Waals surface area (Å²) in [6.07, 6.45) is 6.50. The number of benzene rings is 1. The van der Waals surface area contributed by atoms with Gasteiger partial charge >= 0.3 is 6.03 Å². The molecule has 2 aromatic rings. The maximum absolute atomic E-state index is 12.7. The van der Waals surface area contributed by atoms with Crippen molar-refractivity contribution < 1.29 is 9.53 Å². The molecule has 2 heterocycles. The highest BCUT2D eigenvalue weighted by molar-refractivity contribution is 7.13. The summed E-state index contributed by atoms with van der Waals surface area (Å²) in [5.74, 6) is 0. The molecule has 1 saturated heterocycles. The summed E-state index contributed by atoms with van der Waals surface area (Å²) in [6, 6.07) is 8.08. The number of hydrogen-bond donors (Lipinski definition) is 1. The van der Waals surface area contributed by atoms with Gasteiger partial charge in [0, 0.05) is 29.4 Å². The Morgan fingerprint density at radius 2 is 2.08 bits per heavy atom. The zero-order valence-electron chi connectivity index (χ0n) is 13.5. The Balaban J connectivity index is 1.43. The van der Waals surface area contributed by atoms with Gasteiger partial charge in [-0.05, 0) is 37.1 Å². The number of nitrogens with one attached hydrogen (secondary N) is 1. The van der Waals surface area contributed by atoms with Gasteiger partial charge in [0.2, 0.25) is 0 Å². The Labute approximate surface area is 145 Å². The molecule has 1 aliphatic heterocycles. The van der Waals surface area contributed by atoms with Crippen LogP contribution in [0.1, 0.15) is 25.7 Å². The molecule has 1 aliphatic carbocycles. The van der Waals surface area contributed by atoms with Crippen molar-refractivity contribution in [3.05, 3.63) is 35.8 Å². The molecule has 6 heteroatoms. The lowest BCUT2D eigenvalue weighted by atomic mass is 9.90. The van der Waals surface area contributed by atoms with Gasteiger partial charge in [-0.15, -0.1) is 11.3 Å². The van der Waals surface area contributed by atoms with E-state index < -0.39 is 0 Å². The SMILES string of the molecule is O=C(Nc1ccc(-c2nccs2)cc1)N1CCO[C@H]2CCCC[C@H]21. The maximum Gasteiger partial charge on any atom is 0.322 e. The third-order valence-corrected chi connectivity index (χ3v) is 5.63. The van der Waals surface area contributed by atoms with Crippen LogP contribution < -0.4 is 5.32 Å². The number of thiazole rings is 1. The molecule has 2 fully saturated rings. The predicted octanol–water partition coefficient (Wildman–Crippen LogP) is 3.99. The Morgan fingerprint density at radius 1 is 1.25 bits per heavy atom. The van der Waals surface area contributed by atoms with Crippen LogP contribution in [0.3, 0.4) is 0 Å². The molecular weight excluding hydrogens is 322 g/mol. The smallest absolute Gasteiger partial charge is 0.322 e. The van der Waals surface area contributed by atoms with Crippen molar-refractivity contribution in [1.29, 1.82) is 0 Å². The highest BCUT2D eigenvalue weighted by Crippen LogP contribution is 2.29. The highest BCUT2D eigenvalue weighted by Gasteiger charge is 2.36. The van der Waals surface area contributed by atoms with Gasteiger partial charge < -0.3 is 15.0 Å². The van der Waals surface area contributed by atoms with E-state index in [1.54, 1.807) is 17.5 Å². The molecule has 0 bridgehead atoms. The molecule has 1 aromatic carbocycles. The van der Waals surface area contributed by atoms with Crippen molar-refractivity contribution in [3.63, 3.8) is 0 Å². The third-order valence-electron chi connectivity index (χ3n) is 4.81. The van der Waals surface area contributed by atoms with E-state index in [-0.39, 0.29) is 18.2 Å². The predicted molar refractivity (Wildman–Crippen MR) is 95.3 cm³/mol.